The standard InChI is InChI=1S/C15H16BrNO2/c1-2-3-9-12-14(16)13(19-15(12)18)10-17-11-7-5-4-6-8-11/h4-8,10,18H,2-3,9H2,1H3. The Morgan fingerprint density at radius 2 is 2.05 bits per heavy atom. The minimum atomic E-state index is -0.0187. The Labute approximate surface area is 121 Å². The Bertz CT molecular complexity index is 561. The second-order valence-corrected chi connectivity index (χ2v) is 5.05. The first-order valence-corrected chi connectivity index (χ1v) is 7.11. The van der Waals surface area contributed by atoms with Gasteiger partial charge in [0.2, 0.25) is 0 Å². The highest BCUT2D eigenvalue weighted by molar-refractivity contribution is 9.10. The van der Waals surface area contributed by atoms with Crippen molar-refractivity contribution in [2.75, 3.05) is 0 Å². The fraction of sp³-hybridized carbons (Fsp3) is 0.267. The Balaban J connectivity index is 2.19. The fourth-order valence-corrected chi connectivity index (χ4v) is 2.30. The predicted octanol–water partition coefficient (Wildman–Crippen LogP) is 4.84. The molecule has 0 radical (unpaired) electrons. The number of nitrogens with zero attached hydrogens (tertiary/aromatic N) is 1. The van der Waals surface area contributed by atoms with E-state index in [2.05, 4.69) is 27.8 Å². The largest absolute Gasteiger partial charge is 0.480 e. The van der Waals surface area contributed by atoms with Crippen LogP contribution in [0.5, 0.6) is 5.95 Å². The molecule has 0 spiro atoms. The van der Waals surface area contributed by atoms with Crippen LogP contribution in [0.4, 0.5) is 5.69 Å². The van der Waals surface area contributed by atoms with Crippen molar-refractivity contribution in [2.24, 2.45) is 4.99 Å². The van der Waals surface area contributed by atoms with E-state index < -0.39 is 0 Å². The Hall–Kier alpha value is -1.55. The van der Waals surface area contributed by atoms with Crippen LogP contribution in [0.1, 0.15) is 31.1 Å². The van der Waals surface area contributed by atoms with Gasteiger partial charge in [-0.2, -0.15) is 0 Å². The molecule has 0 aliphatic carbocycles. The molecule has 19 heavy (non-hydrogen) atoms. The van der Waals surface area contributed by atoms with Gasteiger partial charge in [0, 0.05) is 0 Å². The van der Waals surface area contributed by atoms with Crippen molar-refractivity contribution in [3.8, 4) is 5.95 Å². The molecule has 1 aromatic heterocycles. The maximum atomic E-state index is 9.78. The molecule has 0 aliphatic rings. The Morgan fingerprint density at radius 1 is 1.32 bits per heavy atom. The minimum absolute atomic E-state index is 0.0187. The van der Waals surface area contributed by atoms with Gasteiger partial charge >= 0.3 is 0 Å². The van der Waals surface area contributed by atoms with E-state index in [-0.39, 0.29) is 5.95 Å². The summed E-state index contributed by atoms with van der Waals surface area (Å²) in [5, 5.41) is 9.78. The maximum absolute atomic E-state index is 9.78. The zero-order valence-corrected chi connectivity index (χ0v) is 12.4. The highest BCUT2D eigenvalue weighted by Crippen LogP contribution is 2.33. The van der Waals surface area contributed by atoms with Crippen molar-refractivity contribution >= 4 is 27.8 Å². The lowest BCUT2D eigenvalue weighted by atomic mass is 10.1. The number of hydrogen-bond donors (Lipinski definition) is 1. The van der Waals surface area contributed by atoms with Crippen molar-refractivity contribution < 1.29 is 9.52 Å². The summed E-state index contributed by atoms with van der Waals surface area (Å²) in [7, 11) is 0. The van der Waals surface area contributed by atoms with Crippen molar-refractivity contribution in [2.45, 2.75) is 26.2 Å². The summed E-state index contributed by atoms with van der Waals surface area (Å²) in [5.41, 5.74) is 1.66. The van der Waals surface area contributed by atoms with E-state index in [1.54, 1.807) is 6.21 Å². The van der Waals surface area contributed by atoms with E-state index >= 15 is 0 Å². The van der Waals surface area contributed by atoms with Gasteiger partial charge in [-0.25, -0.2) is 0 Å². The van der Waals surface area contributed by atoms with Crippen LogP contribution < -0.4 is 0 Å². The number of halogens is 1. The van der Waals surface area contributed by atoms with Crippen LogP contribution in [0.15, 0.2) is 44.2 Å². The number of hydrogen-bond acceptors (Lipinski definition) is 3. The summed E-state index contributed by atoms with van der Waals surface area (Å²) in [4.78, 5) is 4.31. The van der Waals surface area contributed by atoms with Gasteiger partial charge in [0.1, 0.15) is 0 Å². The number of rotatable bonds is 5. The topological polar surface area (TPSA) is 45.7 Å². The monoisotopic (exact) mass is 321 g/mol. The van der Waals surface area contributed by atoms with Crippen LogP contribution >= 0.6 is 15.9 Å². The highest BCUT2D eigenvalue weighted by Gasteiger charge is 2.16. The van der Waals surface area contributed by atoms with Gasteiger partial charge < -0.3 is 9.52 Å². The maximum Gasteiger partial charge on any atom is 0.286 e. The first-order valence-electron chi connectivity index (χ1n) is 6.31. The lowest BCUT2D eigenvalue weighted by molar-refractivity contribution is 0.326. The van der Waals surface area contributed by atoms with Crippen molar-refractivity contribution in [3.63, 3.8) is 0 Å². The number of benzene rings is 1. The zero-order chi connectivity index (χ0) is 13.7. The molecule has 1 N–H and O–H groups in total. The molecule has 0 saturated heterocycles. The molecule has 2 aromatic rings. The van der Waals surface area contributed by atoms with E-state index in [0.29, 0.717) is 5.76 Å². The Kier molecular flexibility index (Phi) is 4.80. The highest BCUT2D eigenvalue weighted by atomic mass is 79.9. The molecule has 0 saturated carbocycles. The number of unbranched alkanes of at least 4 members (excludes halogenated alkanes) is 1. The summed E-state index contributed by atoms with van der Waals surface area (Å²) in [6, 6.07) is 9.61. The van der Waals surface area contributed by atoms with Crippen LogP contribution in [0, 0.1) is 0 Å². The van der Waals surface area contributed by atoms with Crippen LogP contribution in [0.2, 0.25) is 0 Å². The van der Waals surface area contributed by atoms with Gasteiger partial charge in [0.05, 0.1) is 21.9 Å². The second kappa shape index (κ2) is 6.57. The number of furan rings is 1. The molecule has 0 amide bonds. The predicted molar refractivity (Wildman–Crippen MR) is 80.4 cm³/mol. The molecule has 2 rings (SSSR count). The summed E-state index contributed by atoms with van der Waals surface area (Å²) < 4.78 is 6.11. The van der Waals surface area contributed by atoms with Crippen LogP contribution in [0.25, 0.3) is 0 Å². The molecule has 1 heterocycles. The average molecular weight is 322 g/mol. The minimum Gasteiger partial charge on any atom is -0.480 e. The van der Waals surface area contributed by atoms with E-state index in [4.69, 9.17) is 4.42 Å². The molecule has 0 aliphatic heterocycles. The van der Waals surface area contributed by atoms with Gasteiger partial charge in [-0.05, 0) is 40.9 Å². The number of aromatic hydroxyl groups is 1. The third-order valence-electron chi connectivity index (χ3n) is 2.81. The Morgan fingerprint density at radius 3 is 2.74 bits per heavy atom. The van der Waals surface area contributed by atoms with Gasteiger partial charge in [-0.1, -0.05) is 31.5 Å². The summed E-state index contributed by atoms with van der Waals surface area (Å²) >= 11 is 3.46. The van der Waals surface area contributed by atoms with Gasteiger partial charge in [-0.15, -0.1) is 0 Å². The molecule has 1 aromatic carbocycles. The first-order chi connectivity index (χ1) is 9.22. The third kappa shape index (κ3) is 3.47. The van der Waals surface area contributed by atoms with Crippen molar-refractivity contribution in [1.82, 2.24) is 0 Å². The van der Waals surface area contributed by atoms with Crippen LogP contribution in [-0.2, 0) is 6.42 Å². The van der Waals surface area contributed by atoms with E-state index in [0.717, 1.165) is 35.0 Å². The molecule has 0 atom stereocenters. The lowest BCUT2D eigenvalue weighted by Crippen LogP contribution is -1.84. The molecular formula is C15H16BrNO2. The van der Waals surface area contributed by atoms with Crippen molar-refractivity contribution in [1.29, 1.82) is 0 Å². The smallest absolute Gasteiger partial charge is 0.286 e. The zero-order valence-electron chi connectivity index (χ0n) is 10.8. The SMILES string of the molecule is CCCCc1c(O)oc(C=Nc2ccccc2)c1Br. The normalized spacial score (nSPS) is 11.3. The van der Waals surface area contributed by atoms with Gasteiger partial charge in [0.25, 0.3) is 5.95 Å². The van der Waals surface area contributed by atoms with E-state index in [1.807, 2.05) is 30.3 Å². The van der Waals surface area contributed by atoms with E-state index in [1.165, 1.54) is 0 Å². The van der Waals surface area contributed by atoms with E-state index in [9.17, 15) is 5.11 Å². The third-order valence-corrected chi connectivity index (χ3v) is 3.68. The molecule has 3 nitrogen and oxygen atoms in total. The molecular weight excluding hydrogens is 306 g/mol. The average Bonchev–Trinajstić information content (AvgIpc) is 2.70. The quantitative estimate of drug-likeness (QED) is 0.801. The van der Waals surface area contributed by atoms with Crippen LogP contribution in [-0.4, -0.2) is 11.3 Å². The second-order valence-electron chi connectivity index (χ2n) is 4.26. The van der Waals surface area contributed by atoms with Crippen LogP contribution in [0.3, 0.4) is 0 Å². The summed E-state index contributed by atoms with van der Waals surface area (Å²) in [6.07, 6.45) is 4.51. The molecule has 0 fully saturated rings. The first kappa shape index (κ1) is 13.9. The lowest BCUT2D eigenvalue weighted by Gasteiger charge is -1.95. The number of aliphatic imine (C=N–C) groups is 1. The molecule has 100 valence electrons. The van der Waals surface area contributed by atoms with Gasteiger partial charge in [0.15, 0.2) is 5.76 Å². The van der Waals surface area contributed by atoms with Gasteiger partial charge in [-0.3, -0.25) is 4.99 Å². The summed E-state index contributed by atoms with van der Waals surface area (Å²) in [5.74, 6) is 0.530. The van der Waals surface area contributed by atoms with Crippen molar-refractivity contribution in [3.05, 3.63) is 46.1 Å². The fourth-order valence-electron chi connectivity index (χ4n) is 1.75. The number of para-hydroxylation sites is 1. The summed E-state index contributed by atoms with van der Waals surface area (Å²) in [6.45, 7) is 2.11. The molecule has 0 bridgehead atoms. The molecule has 4 heteroatoms. The molecule has 0 unspecified atom stereocenters.